The first kappa shape index (κ1) is 14.4. The van der Waals surface area contributed by atoms with Crippen LogP contribution in [0.3, 0.4) is 0 Å². The molecular weight excluding hydrogens is 388 g/mol. The van der Waals surface area contributed by atoms with E-state index in [4.69, 9.17) is 0 Å². The summed E-state index contributed by atoms with van der Waals surface area (Å²) in [5.74, 6) is 0. The highest BCUT2D eigenvalue weighted by Gasteiger charge is 2.67. The van der Waals surface area contributed by atoms with Crippen molar-refractivity contribution in [1.82, 2.24) is 0 Å². The molecule has 0 spiro atoms. The summed E-state index contributed by atoms with van der Waals surface area (Å²) in [6, 6.07) is 0. The molecule has 0 aromatic heterocycles. The first-order valence-corrected chi connectivity index (χ1v) is 7.49. The average Bonchev–Trinajstić information content (AvgIpc) is 1.77. The highest BCUT2D eigenvalue weighted by molar-refractivity contribution is 14.1. The molecule has 0 atom stereocenters. The van der Waals surface area contributed by atoms with Crippen molar-refractivity contribution in [2.24, 2.45) is 0 Å². The van der Waals surface area contributed by atoms with Crippen molar-refractivity contribution >= 4 is 53.3 Å². The van der Waals surface area contributed by atoms with Crippen LogP contribution >= 0.6 is 22.6 Å². The fraction of sp³-hybridized carbons (Fsp3) is 1.00. The summed E-state index contributed by atoms with van der Waals surface area (Å²) >= 11 is -0.194. The summed E-state index contributed by atoms with van der Waals surface area (Å²) in [4.78, 5) is 0. The zero-order chi connectivity index (χ0) is 12.0. The van der Waals surface area contributed by atoms with Crippen molar-refractivity contribution in [3.63, 3.8) is 0 Å². The summed E-state index contributed by atoms with van der Waals surface area (Å²) in [6.45, 7) is 0. The van der Waals surface area contributed by atoms with Gasteiger partial charge in [0.25, 0.3) is 0 Å². The Labute approximate surface area is 91.3 Å². The van der Waals surface area contributed by atoms with Gasteiger partial charge in [0, 0.05) is 0 Å². The molecule has 0 aromatic carbocycles. The highest BCUT2D eigenvalue weighted by Crippen LogP contribution is 2.41. The third kappa shape index (κ3) is 2.13. The standard InChI is InChI=1S/CF3IO6S3/c2-12(6,7)1(5,13(3,8)9)14(4,10)11. The van der Waals surface area contributed by atoms with Crippen molar-refractivity contribution in [3.8, 4) is 0 Å². The van der Waals surface area contributed by atoms with E-state index < -0.39 is 32.1 Å². The van der Waals surface area contributed by atoms with Crippen molar-refractivity contribution < 1.29 is 36.9 Å². The smallest absolute Gasteiger partial charge is 0.191 e. The van der Waals surface area contributed by atoms with E-state index in [1.54, 1.807) is 0 Å². The van der Waals surface area contributed by atoms with Gasteiger partial charge in [-0.15, -0.1) is 11.7 Å². The van der Waals surface area contributed by atoms with Crippen LogP contribution in [0.4, 0.5) is 11.7 Å². The predicted octanol–water partition coefficient (Wildman–Crippen LogP) is -0.0694. The Kier molecular flexibility index (Phi) is 3.54. The summed E-state index contributed by atoms with van der Waals surface area (Å²) < 4.78 is 91.9. The van der Waals surface area contributed by atoms with E-state index in [9.17, 15) is 36.9 Å². The molecule has 0 aliphatic heterocycles. The molecule has 13 heteroatoms. The molecule has 0 aliphatic carbocycles. The number of hydrogen-bond donors (Lipinski definition) is 0. The third-order valence-electron chi connectivity index (χ3n) is 0.874. The van der Waals surface area contributed by atoms with Crippen LogP contribution in [0.25, 0.3) is 0 Å². The van der Waals surface area contributed by atoms with Crippen LogP contribution in [0.1, 0.15) is 0 Å². The maximum atomic E-state index is 12.2. The van der Waals surface area contributed by atoms with Crippen LogP contribution in [0, 0.1) is 0 Å². The Hall–Kier alpha value is 0.370. The van der Waals surface area contributed by atoms with Gasteiger partial charge >= 0.3 is 32.1 Å². The molecule has 0 unspecified atom stereocenters. The minimum atomic E-state index is -6.52. The molecule has 0 fully saturated rings. The van der Waals surface area contributed by atoms with Gasteiger partial charge < -0.3 is 0 Å². The van der Waals surface area contributed by atoms with Gasteiger partial charge in [-0.1, -0.05) is 0 Å². The Morgan fingerprint density at radius 2 is 0.857 bits per heavy atom. The zero-order valence-electron chi connectivity index (χ0n) is 5.69. The van der Waals surface area contributed by atoms with Crippen LogP contribution in [-0.4, -0.2) is 26.7 Å². The number of rotatable bonds is 3. The quantitative estimate of drug-likeness (QED) is 0.381. The van der Waals surface area contributed by atoms with Gasteiger partial charge in [0.15, 0.2) is 0 Å². The molecule has 86 valence electrons. The molecule has 14 heavy (non-hydrogen) atoms. The fourth-order valence-corrected chi connectivity index (χ4v) is 3.21. The van der Waals surface area contributed by atoms with E-state index in [1.807, 2.05) is 0 Å². The number of alkyl halides is 1. The normalized spacial score (nSPS) is 15.4. The molecule has 0 bridgehead atoms. The molecule has 0 saturated carbocycles. The molecule has 0 saturated heterocycles. The summed E-state index contributed by atoms with van der Waals surface area (Å²) in [5, 5.41) is 0. The van der Waals surface area contributed by atoms with Gasteiger partial charge in [0.05, 0.1) is 0 Å². The van der Waals surface area contributed by atoms with Gasteiger partial charge in [0.2, 0.25) is 0 Å². The molecule has 0 radical (unpaired) electrons. The Morgan fingerprint density at radius 3 is 0.857 bits per heavy atom. The Balaban J connectivity index is 6.41. The van der Waals surface area contributed by atoms with Crippen LogP contribution < -0.4 is 0 Å². The summed E-state index contributed by atoms with van der Waals surface area (Å²) in [7, 11) is -19.6. The SMILES string of the molecule is O=S(=O)(F)C(I)(S(=O)(=O)F)S(=O)(=O)F. The molecule has 0 aliphatic rings. The average molecular weight is 388 g/mol. The second-order valence-electron chi connectivity index (χ2n) is 1.79. The van der Waals surface area contributed by atoms with Crippen LogP contribution in [0.5, 0.6) is 0 Å². The topological polar surface area (TPSA) is 102 Å². The molecule has 0 amide bonds. The van der Waals surface area contributed by atoms with Gasteiger partial charge in [0.1, 0.15) is 0 Å². The lowest BCUT2D eigenvalue weighted by molar-refractivity contribution is 0.519. The van der Waals surface area contributed by atoms with Crippen molar-refractivity contribution in [1.29, 1.82) is 0 Å². The third-order valence-corrected chi connectivity index (χ3v) is 10.9. The minimum Gasteiger partial charge on any atom is -0.191 e. The van der Waals surface area contributed by atoms with E-state index in [0.29, 0.717) is 0 Å². The lowest BCUT2D eigenvalue weighted by Crippen LogP contribution is -2.41. The van der Waals surface area contributed by atoms with Gasteiger partial charge in [-0.05, 0) is 22.6 Å². The fourth-order valence-electron chi connectivity index (χ4n) is 0.357. The second-order valence-corrected chi connectivity index (χ2v) is 10.8. The summed E-state index contributed by atoms with van der Waals surface area (Å²) in [6.07, 6.45) is 0. The van der Waals surface area contributed by atoms with Crippen LogP contribution in [0.15, 0.2) is 0 Å². The second kappa shape index (κ2) is 3.44. The van der Waals surface area contributed by atoms with E-state index in [2.05, 4.69) is 0 Å². The maximum Gasteiger partial charge on any atom is 0.406 e. The van der Waals surface area contributed by atoms with Gasteiger partial charge in [-0.3, -0.25) is 0 Å². The highest BCUT2D eigenvalue weighted by atomic mass is 127. The van der Waals surface area contributed by atoms with Crippen molar-refractivity contribution in [2.75, 3.05) is 0 Å². The number of halogens is 4. The Bertz CT molecular complexity index is 448. The molecular formula is CF3IO6S3. The molecule has 0 rings (SSSR count). The zero-order valence-corrected chi connectivity index (χ0v) is 10.3. The van der Waals surface area contributed by atoms with E-state index in [0.717, 1.165) is 0 Å². The monoisotopic (exact) mass is 388 g/mol. The van der Waals surface area contributed by atoms with Crippen LogP contribution in [0.2, 0.25) is 0 Å². The van der Waals surface area contributed by atoms with Gasteiger partial charge in [-0.2, -0.15) is 25.3 Å². The lowest BCUT2D eigenvalue weighted by Gasteiger charge is -2.12. The maximum absolute atomic E-state index is 12.2. The summed E-state index contributed by atoms with van der Waals surface area (Å²) in [5.41, 5.74) is 0. The number of hydrogen-bond acceptors (Lipinski definition) is 6. The first-order chi connectivity index (χ1) is 5.75. The molecule has 0 heterocycles. The molecule has 6 nitrogen and oxygen atoms in total. The van der Waals surface area contributed by atoms with E-state index in [1.165, 1.54) is 0 Å². The van der Waals surface area contributed by atoms with E-state index >= 15 is 0 Å². The van der Waals surface area contributed by atoms with E-state index in [-0.39, 0.29) is 22.6 Å². The van der Waals surface area contributed by atoms with Crippen LogP contribution in [-0.2, 0) is 30.7 Å². The predicted molar refractivity (Wildman–Crippen MR) is 46.8 cm³/mol. The lowest BCUT2D eigenvalue weighted by atomic mass is 11.9. The van der Waals surface area contributed by atoms with Crippen molar-refractivity contribution in [2.45, 2.75) is 1.42 Å². The first-order valence-electron chi connectivity index (χ1n) is 2.26. The minimum absolute atomic E-state index is 0.194. The molecule has 0 aromatic rings. The van der Waals surface area contributed by atoms with Gasteiger partial charge in [-0.25, -0.2) is 0 Å². The van der Waals surface area contributed by atoms with Crippen molar-refractivity contribution in [3.05, 3.63) is 0 Å². The molecule has 0 N–H and O–H groups in total. The largest absolute Gasteiger partial charge is 0.406 e. The Morgan fingerprint density at radius 1 is 0.714 bits per heavy atom.